The third kappa shape index (κ3) is 16.7. The van der Waals surface area contributed by atoms with Crippen molar-refractivity contribution < 1.29 is 52.8 Å². The maximum Gasteiger partial charge on any atom is 0.248 e. The fraction of sp³-hybridized carbons (Fsp3) is 0.451. The molecule has 4 aromatic heterocycles. The van der Waals surface area contributed by atoms with E-state index in [0.29, 0.717) is 77.6 Å². The highest BCUT2D eigenvalue weighted by Gasteiger charge is 2.26. The van der Waals surface area contributed by atoms with E-state index in [1.807, 2.05) is 28.9 Å². The summed E-state index contributed by atoms with van der Waals surface area (Å²) < 4.78 is 24.6. The van der Waals surface area contributed by atoms with Gasteiger partial charge in [-0.25, -0.2) is 4.98 Å². The summed E-state index contributed by atoms with van der Waals surface area (Å²) in [5.74, 6) is -2.17. The Morgan fingerprint density at radius 1 is 0.827 bits per heavy atom. The minimum Gasteiger partial charge on any atom is -0.377 e. The number of carbonyl (C=O) groups excluding carboxylic acids is 6. The first-order valence-corrected chi connectivity index (χ1v) is 25.0. The average Bonchev–Trinajstić information content (AvgIpc) is 4.20. The number of aliphatic hydroxyl groups is 1. The monoisotopic (exact) mass is 1040 g/mol. The number of nitrogens with one attached hydrogen (secondary N) is 6. The molecule has 0 aliphatic carbocycles. The molecular formula is C51H65N13O11. The van der Waals surface area contributed by atoms with Crippen LogP contribution in [-0.2, 0) is 60.7 Å². The summed E-state index contributed by atoms with van der Waals surface area (Å²) in [6, 6.07) is 16.0. The van der Waals surface area contributed by atoms with Gasteiger partial charge in [-0.2, -0.15) is 10.2 Å². The molecule has 0 radical (unpaired) electrons. The number of hydrogen-bond acceptors (Lipinski definition) is 16. The second-order valence-electron chi connectivity index (χ2n) is 17.7. The number of morpholine rings is 1. The number of anilines is 1. The predicted octanol–water partition coefficient (Wildman–Crippen LogP) is 0.585. The van der Waals surface area contributed by atoms with Crippen molar-refractivity contribution in [2.45, 2.75) is 63.9 Å². The first kappa shape index (κ1) is 55.1. The molecule has 0 saturated carbocycles. The number of aromatic nitrogens is 6. The van der Waals surface area contributed by atoms with Crippen molar-refractivity contribution >= 4 is 52.2 Å². The largest absolute Gasteiger partial charge is 0.377 e. The van der Waals surface area contributed by atoms with Gasteiger partial charge in [0.25, 0.3) is 0 Å². The zero-order valence-corrected chi connectivity index (χ0v) is 41.9. The Hall–Kier alpha value is -7.64. The van der Waals surface area contributed by atoms with Crippen LogP contribution in [0, 0.1) is 0 Å². The maximum atomic E-state index is 13.2. The van der Waals surface area contributed by atoms with E-state index in [1.165, 1.54) is 17.1 Å². The summed E-state index contributed by atoms with van der Waals surface area (Å²) in [4.78, 5) is 88.3. The van der Waals surface area contributed by atoms with E-state index >= 15 is 0 Å². The van der Waals surface area contributed by atoms with Crippen molar-refractivity contribution in [3.05, 3.63) is 90.9 Å². The zero-order valence-electron chi connectivity index (χ0n) is 41.9. The average molecular weight is 1040 g/mol. The first-order chi connectivity index (χ1) is 36.5. The third-order valence-electron chi connectivity index (χ3n) is 12.3. The van der Waals surface area contributed by atoms with Crippen molar-refractivity contribution in [3.8, 4) is 22.6 Å². The summed E-state index contributed by atoms with van der Waals surface area (Å²) in [7, 11) is 0. The molecule has 2 aliphatic rings. The van der Waals surface area contributed by atoms with Crippen LogP contribution in [-0.4, -0.2) is 179 Å². The van der Waals surface area contributed by atoms with Crippen molar-refractivity contribution in [1.29, 1.82) is 0 Å². The van der Waals surface area contributed by atoms with Gasteiger partial charge in [0.05, 0.1) is 89.9 Å². The molecule has 2 aliphatic heterocycles. The molecule has 75 heavy (non-hydrogen) atoms. The minimum absolute atomic E-state index is 0.114. The second-order valence-corrected chi connectivity index (χ2v) is 17.7. The molecule has 0 bridgehead atoms. The van der Waals surface area contributed by atoms with Gasteiger partial charge in [-0.1, -0.05) is 36.8 Å². The van der Waals surface area contributed by atoms with E-state index in [9.17, 15) is 33.9 Å². The molecule has 24 nitrogen and oxygen atoms in total. The zero-order chi connectivity index (χ0) is 52.8. The number of benzene rings is 1. The number of amides is 6. The van der Waals surface area contributed by atoms with E-state index in [-0.39, 0.29) is 63.7 Å². The topological polar surface area (TPSA) is 298 Å². The van der Waals surface area contributed by atoms with E-state index < -0.39 is 42.4 Å². The molecule has 400 valence electrons. The van der Waals surface area contributed by atoms with Crippen LogP contribution in [0.25, 0.3) is 33.5 Å². The number of fused-ring (bicyclic) bond motifs is 1. The highest BCUT2D eigenvalue weighted by molar-refractivity contribution is 6.01. The second kappa shape index (κ2) is 28.7. The molecule has 24 heteroatoms. The van der Waals surface area contributed by atoms with Crippen LogP contribution in [0.5, 0.6) is 0 Å². The first-order valence-electron chi connectivity index (χ1n) is 25.0. The number of aromatic amines is 1. The molecule has 6 heterocycles. The lowest BCUT2D eigenvalue weighted by Crippen LogP contribution is -2.52. The molecule has 1 saturated heterocycles. The number of pyridine rings is 2. The van der Waals surface area contributed by atoms with Gasteiger partial charge < -0.3 is 60.4 Å². The smallest absolute Gasteiger partial charge is 0.248 e. The van der Waals surface area contributed by atoms with Gasteiger partial charge in [0.2, 0.25) is 35.4 Å². The fourth-order valence-electron chi connectivity index (χ4n) is 8.34. The molecular weight excluding hydrogens is 971 g/mol. The third-order valence-corrected chi connectivity index (χ3v) is 12.3. The number of hydrogen-bond donors (Lipinski definition) is 7. The number of aliphatic hydroxyl groups excluding tert-OH is 1. The Balaban J connectivity index is 0.754. The molecule has 0 spiro atoms. The SMILES string of the molecule is C[C@@H]1COCCN1c1cc(-c2ccnn2CCOCCOCCOCNC(=O)CNC(=O)[C@H](Cc2ccccc2)NC(=O)CNC(=O)CNC(=O)CCCCCN2C(=O)C=CC2O)c2ccnc(-c3ccn[nH]3)c2n1. The lowest BCUT2D eigenvalue weighted by molar-refractivity contribution is -0.131. The highest BCUT2D eigenvalue weighted by Crippen LogP contribution is 2.35. The normalized spacial score (nSPS) is 15.7. The number of ether oxygens (including phenoxy) is 4. The summed E-state index contributed by atoms with van der Waals surface area (Å²) in [6.45, 7) is 5.07. The molecule has 1 fully saturated rings. The number of H-pyrrole nitrogens is 1. The Morgan fingerprint density at radius 3 is 2.36 bits per heavy atom. The number of carbonyl (C=O) groups is 6. The van der Waals surface area contributed by atoms with Crippen LogP contribution < -0.4 is 31.5 Å². The van der Waals surface area contributed by atoms with Crippen molar-refractivity contribution in [3.63, 3.8) is 0 Å². The van der Waals surface area contributed by atoms with Gasteiger partial charge >= 0.3 is 0 Å². The van der Waals surface area contributed by atoms with Crippen LogP contribution in [0.4, 0.5) is 5.82 Å². The van der Waals surface area contributed by atoms with Gasteiger partial charge in [-0.3, -0.25) is 43.5 Å². The summed E-state index contributed by atoms with van der Waals surface area (Å²) in [5.41, 5.74) is 4.85. The molecule has 7 rings (SSSR count). The molecule has 1 aromatic carbocycles. The van der Waals surface area contributed by atoms with Gasteiger partial charge in [0.1, 0.15) is 36.0 Å². The lowest BCUT2D eigenvalue weighted by atomic mass is 10.0. The van der Waals surface area contributed by atoms with Crippen LogP contribution in [0.3, 0.4) is 0 Å². The van der Waals surface area contributed by atoms with E-state index in [1.54, 1.807) is 42.9 Å². The van der Waals surface area contributed by atoms with Crippen molar-refractivity contribution in [1.82, 2.24) is 61.4 Å². The van der Waals surface area contributed by atoms with Gasteiger partial charge in [0, 0.05) is 61.5 Å². The van der Waals surface area contributed by atoms with E-state index in [0.717, 1.165) is 39.2 Å². The summed E-state index contributed by atoms with van der Waals surface area (Å²) >= 11 is 0. The van der Waals surface area contributed by atoms with Crippen LogP contribution in [0.15, 0.2) is 85.3 Å². The molecule has 3 atom stereocenters. The summed E-state index contributed by atoms with van der Waals surface area (Å²) in [5, 5.41) is 35.1. The van der Waals surface area contributed by atoms with Crippen molar-refractivity contribution in [2.75, 3.05) is 90.6 Å². The standard InChI is InChI=1S/C51H65N13O11/c1-35-33-74-22-20-62(35)42-29-38(37-13-16-52-50(49(37)60-42)39-14-17-57-61-39)41-15-18-58-64(41)21-23-72-24-25-73-26-27-75-34-56-45(67)31-55-51(71)40(28-36-8-4-2-5-9-36)59-46(68)32-54-44(66)30-53-43(65)10-6-3-7-19-63-47(69)11-12-48(63)70/h2,4-5,8-9,11-18,29,35,40,47,69H,3,6-7,10,19-28,30-34H2,1H3,(H,53,65)(H,54,66)(H,55,71)(H,56,67)(H,57,61)(H,59,68)/t35-,40+,47?/m1/s1. The van der Waals surface area contributed by atoms with Crippen LogP contribution >= 0.6 is 0 Å². The fourth-order valence-corrected chi connectivity index (χ4v) is 8.34. The Kier molecular flexibility index (Phi) is 21.1. The quantitative estimate of drug-likeness (QED) is 0.0245. The highest BCUT2D eigenvalue weighted by atomic mass is 16.5. The number of nitrogens with zero attached hydrogens (tertiary/aromatic N) is 7. The maximum absolute atomic E-state index is 13.2. The molecule has 7 N–H and O–H groups in total. The van der Waals surface area contributed by atoms with Crippen molar-refractivity contribution in [2.24, 2.45) is 0 Å². The number of rotatable bonds is 30. The number of unbranched alkanes of at least 4 members (excludes halogenated alkanes) is 2. The van der Waals surface area contributed by atoms with Crippen LogP contribution in [0.2, 0.25) is 0 Å². The van der Waals surface area contributed by atoms with E-state index in [2.05, 4.69) is 64.8 Å². The van der Waals surface area contributed by atoms with Gasteiger partial charge in [-0.15, -0.1) is 0 Å². The minimum atomic E-state index is -1.07. The van der Waals surface area contributed by atoms with Gasteiger partial charge in [-0.05, 0) is 55.7 Å². The molecule has 1 unspecified atom stereocenters. The van der Waals surface area contributed by atoms with E-state index in [4.69, 9.17) is 23.9 Å². The predicted molar refractivity (Wildman–Crippen MR) is 273 cm³/mol. The summed E-state index contributed by atoms with van der Waals surface area (Å²) in [6.07, 6.45) is 9.08. The Morgan fingerprint density at radius 2 is 1.59 bits per heavy atom. The van der Waals surface area contributed by atoms with Gasteiger partial charge in [0.15, 0.2) is 0 Å². The van der Waals surface area contributed by atoms with Crippen LogP contribution in [0.1, 0.15) is 38.2 Å². The molecule has 6 amide bonds. The Labute approximate surface area is 433 Å². The molecule has 5 aromatic rings. The Bertz CT molecular complexity index is 2700. The lowest BCUT2D eigenvalue weighted by Gasteiger charge is -2.34.